The van der Waals surface area contributed by atoms with Crippen LogP contribution in [0.4, 0.5) is 0 Å². The highest BCUT2D eigenvalue weighted by Crippen LogP contribution is 2.22. The largest absolute Gasteiger partial charge is 0.375 e. The van der Waals surface area contributed by atoms with E-state index in [-0.39, 0.29) is 29.9 Å². The lowest BCUT2D eigenvalue weighted by atomic mass is 10.1. The zero-order valence-corrected chi connectivity index (χ0v) is 12.5. The van der Waals surface area contributed by atoms with E-state index in [2.05, 4.69) is 15.5 Å². The molecule has 0 spiro atoms. The number of hydrogen-bond donors (Lipinski definition) is 1. The molecule has 1 N–H and O–H groups in total. The van der Waals surface area contributed by atoms with Crippen molar-refractivity contribution in [3.8, 4) is 0 Å². The molecule has 3 atom stereocenters. The Labute approximate surface area is 124 Å². The van der Waals surface area contributed by atoms with Crippen LogP contribution in [-0.4, -0.2) is 52.8 Å². The molecule has 0 aromatic carbocycles. The maximum atomic E-state index is 12.6. The summed E-state index contributed by atoms with van der Waals surface area (Å²) in [6.07, 6.45) is 2.96. The Hall–Kier alpha value is -1.47. The molecule has 7 heteroatoms. The minimum atomic E-state index is -0.162. The Kier molecular flexibility index (Phi) is 4.21. The Bertz CT molecular complexity index is 498. The predicted octanol–water partition coefficient (Wildman–Crippen LogP) is 1.13. The number of aromatic nitrogens is 2. The molecule has 21 heavy (non-hydrogen) atoms. The minimum Gasteiger partial charge on any atom is -0.375 e. The quantitative estimate of drug-likeness (QED) is 0.900. The molecule has 0 saturated carbocycles. The number of amides is 1. The highest BCUT2D eigenvalue weighted by atomic mass is 16.5. The van der Waals surface area contributed by atoms with Crippen LogP contribution in [-0.2, 0) is 4.74 Å². The van der Waals surface area contributed by atoms with Gasteiger partial charge in [-0.2, -0.15) is 4.98 Å². The summed E-state index contributed by atoms with van der Waals surface area (Å²) in [6, 6.07) is 0.171. The lowest BCUT2D eigenvalue weighted by Crippen LogP contribution is -2.51. The molecule has 1 aromatic heterocycles. The van der Waals surface area contributed by atoms with Crippen LogP contribution in [0.2, 0.25) is 0 Å². The number of hydrogen-bond acceptors (Lipinski definition) is 6. The van der Waals surface area contributed by atoms with E-state index in [0.717, 1.165) is 25.8 Å². The second-order valence-corrected chi connectivity index (χ2v) is 5.77. The number of nitrogens with zero attached hydrogens (tertiary/aromatic N) is 3. The van der Waals surface area contributed by atoms with Gasteiger partial charge < -0.3 is 19.5 Å². The third kappa shape index (κ3) is 2.94. The van der Waals surface area contributed by atoms with Crippen LogP contribution in [0.1, 0.15) is 55.7 Å². The molecule has 3 rings (SSSR count). The van der Waals surface area contributed by atoms with Crippen molar-refractivity contribution in [2.75, 3.05) is 19.7 Å². The third-order valence-electron chi connectivity index (χ3n) is 4.19. The van der Waals surface area contributed by atoms with Crippen molar-refractivity contribution >= 4 is 5.91 Å². The van der Waals surface area contributed by atoms with Crippen molar-refractivity contribution < 1.29 is 14.1 Å². The average molecular weight is 294 g/mol. The predicted molar refractivity (Wildman–Crippen MR) is 74.8 cm³/mol. The van der Waals surface area contributed by atoms with Gasteiger partial charge in [0.2, 0.25) is 5.89 Å². The summed E-state index contributed by atoms with van der Waals surface area (Å²) in [7, 11) is 0. The van der Waals surface area contributed by atoms with E-state index >= 15 is 0 Å². The van der Waals surface area contributed by atoms with Gasteiger partial charge in [0.05, 0.1) is 24.8 Å². The topological polar surface area (TPSA) is 80.5 Å². The molecule has 1 amide bonds. The molecule has 116 valence electrons. The highest BCUT2D eigenvalue weighted by molar-refractivity contribution is 5.90. The Balaban J connectivity index is 1.74. The molecular formula is C14H22N4O3. The first-order valence-electron chi connectivity index (χ1n) is 7.68. The zero-order valence-electron chi connectivity index (χ0n) is 12.5. The first-order valence-corrected chi connectivity index (χ1v) is 7.68. The molecule has 7 nitrogen and oxygen atoms in total. The summed E-state index contributed by atoms with van der Waals surface area (Å²) in [5, 5.41) is 7.16. The van der Waals surface area contributed by atoms with Gasteiger partial charge in [-0.3, -0.25) is 4.79 Å². The molecule has 3 unspecified atom stereocenters. The van der Waals surface area contributed by atoms with Crippen molar-refractivity contribution in [2.45, 2.75) is 51.3 Å². The summed E-state index contributed by atoms with van der Waals surface area (Å²) in [5.74, 6) is 0.515. The fourth-order valence-corrected chi connectivity index (χ4v) is 2.92. The maximum Gasteiger partial charge on any atom is 0.295 e. The SMILES string of the molecule is CCC1COC(C)CN1C(=O)c1noc(C2CCCN2)n1. The lowest BCUT2D eigenvalue weighted by Gasteiger charge is -2.37. The maximum absolute atomic E-state index is 12.6. The van der Waals surface area contributed by atoms with Crippen LogP contribution in [0, 0.1) is 0 Å². The summed E-state index contributed by atoms with van der Waals surface area (Å²) >= 11 is 0. The molecule has 2 aliphatic heterocycles. The van der Waals surface area contributed by atoms with Crippen LogP contribution >= 0.6 is 0 Å². The van der Waals surface area contributed by atoms with Crippen LogP contribution in [0.25, 0.3) is 0 Å². The highest BCUT2D eigenvalue weighted by Gasteiger charge is 2.33. The van der Waals surface area contributed by atoms with Gasteiger partial charge in [0.25, 0.3) is 11.7 Å². The number of carbonyl (C=O) groups excluding carboxylic acids is 1. The molecule has 2 saturated heterocycles. The van der Waals surface area contributed by atoms with E-state index in [1.165, 1.54) is 0 Å². The first-order chi connectivity index (χ1) is 10.2. The molecule has 3 heterocycles. The molecule has 0 radical (unpaired) electrons. The van der Waals surface area contributed by atoms with Crippen molar-refractivity contribution in [2.24, 2.45) is 0 Å². The van der Waals surface area contributed by atoms with Gasteiger partial charge in [0, 0.05) is 6.54 Å². The summed E-state index contributed by atoms with van der Waals surface area (Å²) in [6.45, 7) is 6.11. The Morgan fingerprint density at radius 1 is 1.52 bits per heavy atom. The molecule has 0 aliphatic carbocycles. The van der Waals surface area contributed by atoms with Gasteiger partial charge in [-0.1, -0.05) is 12.1 Å². The van der Waals surface area contributed by atoms with Crippen LogP contribution in [0.5, 0.6) is 0 Å². The summed E-state index contributed by atoms with van der Waals surface area (Å²) in [4.78, 5) is 18.7. The molecule has 1 aromatic rings. The molecular weight excluding hydrogens is 272 g/mol. The Morgan fingerprint density at radius 2 is 2.38 bits per heavy atom. The zero-order chi connectivity index (χ0) is 14.8. The second kappa shape index (κ2) is 6.11. The van der Waals surface area contributed by atoms with E-state index in [0.29, 0.717) is 19.0 Å². The van der Waals surface area contributed by atoms with E-state index in [1.807, 2.05) is 18.7 Å². The van der Waals surface area contributed by atoms with Crippen LogP contribution in [0.15, 0.2) is 4.52 Å². The first kappa shape index (κ1) is 14.5. The van der Waals surface area contributed by atoms with Gasteiger partial charge in [0.15, 0.2) is 0 Å². The summed E-state index contributed by atoms with van der Waals surface area (Å²) in [5.41, 5.74) is 0. The van der Waals surface area contributed by atoms with Gasteiger partial charge in [0.1, 0.15) is 0 Å². The second-order valence-electron chi connectivity index (χ2n) is 5.77. The number of morpholine rings is 1. The van der Waals surface area contributed by atoms with Crippen molar-refractivity contribution in [3.05, 3.63) is 11.7 Å². The summed E-state index contributed by atoms with van der Waals surface area (Å²) < 4.78 is 10.9. The average Bonchev–Trinajstić information content (AvgIpc) is 3.17. The van der Waals surface area contributed by atoms with Gasteiger partial charge in [-0.25, -0.2) is 0 Å². The Morgan fingerprint density at radius 3 is 3.10 bits per heavy atom. The number of rotatable bonds is 3. The minimum absolute atomic E-state index is 0.0413. The lowest BCUT2D eigenvalue weighted by molar-refractivity contribution is -0.0448. The molecule has 2 aliphatic rings. The fraction of sp³-hybridized carbons (Fsp3) is 0.786. The van der Waals surface area contributed by atoms with E-state index < -0.39 is 0 Å². The molecule has 2 fully saturated rings. The van der Waals surface area contributed by atoms with Crippen molar-refractivity contribution in [1.82, 2.24) is 20.4 Å². The smallest absolute Gasteiger partial charge is 0.295 e. The van der Waals surface area contributed by atoms with Gasteiger partial charge in [-0.15, -0.1) is 0 Å². The third-order valence-corrected chi connectivity index (χ3v) is 4.19. The van der Waals surface area contributed by atoms with E-state index in [1.54, 1.807) is 0 Å². The van der Waals surface area contributed by atoms with Crippen LogP contribution in [0.3, 0.4) is 0 Å². The fourth-order valence-electron chi connectivity index (χ4n) is 2.92. The van der Waals surface area contributed by atoms with Crippen molar-refractivity contribution in [3.63, 3.8) is 0 Å². The van der Waals surface area contributed by atoms with Crippen molar-refractivity contribution in [1.29, 1.82) is 0 Å². The van der Waals surface area contributed by atoms with Crippen LogP contribution < -0.4 is 5.32 Å². The standard InChI is InChI=1S/C14H22N4O3/c1-3-10-8-20-9(2)7-18(10)14(19)12-16-13(21-17-12)11-5-4-6-15-11/h9-11,15H,3-8H2,1-2H3. The van der Waals surface area contributed by atoms with Gasteiger partial charge >= 0.3 is 0 Å². The van der Waals surface area contributed by atoms with E-state index in [4.69, 9.17) is 9.26 Å². The monoisotopic (exact) mass is 294 g/mol. The number of ether oxygens (including phenoxy) is 1. The van der Waals surface area contributed by atoms with E-state index in [9.17, 15) is 4.79 Å². The van der Waals surface area contributed by atoms with Gasteiger partial charge in [-0.05, 0) is 32.7 Å². The molecule has 0 bridgehead atoms. The number of carbonyl (C=O) groups is 1. The number of nitrogens with one attached hydrogen (secondary N) is 1. The normalized spacial score (nSPS) is 29.8.